The zero-order valence-corrected chi connectivity index (χ0v) is 12.9. The van der Waals surface area contributed by atoms with Gasteiger partial charge in [-0.2, -0.15) is 0 Å². The number of amides is 1. The minimum atomic E-state index is -0.341. The van der Waals surface area contributed by atoms with Crippen LogP contribution in [-0.2, 0) is 0 Å². The van der Waals surface area contributed by atoms with E-state index in [2.05, 4.69) is 4.98 Å². The number of aromatic amines is 1. The quantitative estimate of drug-likeness (QED) is 0.889. The Bertz CT molecular complexity index is 787. The number of H-pyrrole nitrogens is 1. The molecule has 3 rings (SSSR count). The van der Waals surface area contributed by atoms with E-state index in [1.165, 1.54) is 6.20 Å². The van der Waals surface area contributed by atoms with Gasteiger partial charge in [-0.15, -0.1) is 0 Å². The van der Waals surface area contributed by atoms with Gasteiger partial charge in [0.25, 0.3) is 5.91 Å². The van der Waals surface area contributed by atoms with E-state index in [9.17, 15) is 14.7 Å². The zero-order chi connectivity index (χ0) is 15.9. The smallest absolute Gasteiger partial charge is 0.259 e. The van der Waals surface area contributed by atoms with Gasteiger partial charge in [0, 0.05) is 18.1 Å². The molecule has 1 aliphatic heterocycles. The summed E-state index contributed by atoms with van der Waals surface area (Å²) < 4.78 is 0. The Morgan fingerprint density at radius 1 is 1.50 bits per heavy atom. The highest BCUT2D eigenvalue weighted by atomic mass is 35.5. The maximum absolute atomic E-state index is 12.7. The summed E-state index contributed by atoms with van der Waals surface area (Å²) in [5.41, 5.74) is 0.277. The molecule has 0 bridgehead atoms. The number of halogens is 1. The number of likely N-dealkylation sites (tertiary alicyclic amines) is 1. The molecule has 1 aliphatic rings. The van der Waals surface area contributed by atoms with Gasteiger partial charge >= 0.3 is 0 Å². The highest BCUT2D eigenvalue weighted by Crippen LogP contribution is 2.25. The molecule has 0 spiro atoms. The molecule has 5 nitrogen and oxygen atoms in total. The lowest BCUT2D eigenvalue weighted by molar-refractivity contribution is 0.0647. The Morgan fingerprint density at radius 2 is 2.27 bits per heavy atom. The summed E-state index contributed by atoms with van der Waals surface area (Å²) in [7, 11) is 0. The summed E-state index contributed by atoms with van der Waals surface area (Å²) in [6, 6.07) is 4.78. The van der Waals surface area contributed by atoms with Crippen molar-refractivity contribution in [3.8, 4) is 0 Å². The van der Waals surface area contributed by atoms with Gasteiger partial charge in [-0.1, -0.05) is 24.6 Å². The average Bonchev–Trinajstić information content (AvgIpc) is 2.88. The molecule has 6 heteroatoms. The standard InChI is InChI=1S/C16H17ClN2O3/c1-9-5-6-19(13(9)8-20)16(22)11-7-18-14-10(15(11)21)3-2-4-12(14)17/h2-4,7,9,13,20H,5-6,8H2,1H3,(H,18,21)/t9-,13-/m0/s1. The first-order valence-electron chi connectivity index (χ1n) is 7.26. The van der Waals surface area contributed by atoms with Crippen LogP contribution in [0.3, 0.4) is 0 Å². The van der Waals surface area contributed by atoms with Crippen molar-refractivity contribution in [2.45, 2.75) is 19.4 Å². The van der Waals surface area contributed by atoms with E-state index < -0.39 is 0 Å². The van der Waals surface area contributed by atoms with E-state index >= 15 is 0 Å². The predicted octanol–water partition coefficient (Wildman–Crippen LogP) is 2.02. The van der Waals surface area contributed by atoms with Crippen molar-refractivity contribution in [1.82, 2.24) is 9.88 Å². The number of nitrogens with one attached hydrogen (secondary N) is 1. The summed E-state index contributed by atoms with van der Waals surface area (Å²) in [4.78, 5) is 29.8. The summed E-state index contributed by atoms with van der Waals surface area (Å²) in [5.74, 6) is -0.116. The van der Waals surface area contributed by atoms with Crippen molar-refractivity contribution in [3.63, 3.8) is 0 Å². The van der Waals surface area contributed by atoms with Crippen LogP contribution in [0.1, 0.15) is 23.7 Å². The molecule has 1 amide bonds. The van der Waals surface area contributed by atoms with Crippen LogP contribution in [0.4, 0.5) is 0 Å². The zero-order valence-electron chi connectivity index (χ0n) is 12.2. The molecule has 1 aromatic heterocycles. The first kappa shape index (κ1) is 15.1. The lowest BCUT2D eigenvalue weighted by Gasteiger charge is -2.25. The molecule has 116 valence electrons. The lowest BCUT2D eigenvalue weighted by atomic mass is 10.0. The van der Waals surface area contributed by atoms with Crippen molar-refractivity contribution in [2.24, 2.45) is 5.92 Å². The fraction of sp³-hybridized carbons (Fsp3) is 0.375. The van der Waals surface area contributed by atoms with Crippen molar-refractivity contribution in [2.75, 3.05) is 13.2 Å². The third-order valence-corrected chi connectivity index (χ3v) is 4.74. The highest BCUT2D eigenvalue weighted by molar-refractivity contribution is 6.35. The summed E-state index contributed by atoms with van der Waals surface area (Å²) in [5, 5.41) is 10.3. The number of rotatable bonds is 2. The van der Waals surface area contributed by atoms with E-state index in [-0.39, 0.29) is 35.5 Å². The number of nitrogens with zero attached hydrogens (tertiary/aromatic N) is 1. The van der Waals surface area contributed by atoms with Crippen LogP contribution in [0.15, 0.2) is 29.2 Å². The number of carbonyl (C=O) groups excluding carboxylic acids is 1. The molecule has 1 fully saturated rings. The summed E-state index contributed by atoms with van der Waals surface area (Å²) in [6.45, 7) is 2.46. The lowest BCUT2D eigenvalue weighted by Crippen LogP contribution is -2.41. The van der Waals surface area contributed by atoms with Gasteiger partial charge in [0.15, 0.2) is 0 Å². The van der Waals surface area contributed by atoms with Gasteiger partial charge in [0.2, 0.25) is 5.43 Å². The van der Waals surface area contributed by atoms with Gasteiger partial charge in [-0.3, -0.25) is 9.59 Å². The number of benzene rings is 1. The van der Waals surface area contributed by atoms with Crippen molar-refractivity contribution in [1.29, 1.82) is 0 Å². The molecule has 22 heavy (non-hydrogen) atoms. The number of carbonyl (C=O) groups is 1. The van der Waals surface area contributed by atoms with E-state index in [0.29, 0.717) is 22.5 Å². The van der Waals surface area contributed by atoms with E-state index in [1.807, 2.05) is 6.92 Å². The number of fused-ring (bicyclic) bond motifs is 1. The number of hydrogen-bond acceptors (Lipinski definition) is 3. The molecule has 0 saturated carbocycles. The SMILES string of the molecule is C[C@H]1CCN(C(=O)c2c[nH]c3c(Cl)cccc3c2=O)[C@H]1CO. The highest BCUT2D eigenvalue weighted by Gasteiger charge is 2.35. The molecule has 0 radical (unpaired) electrons. The molecule has 1 saturated heterocycles. The van der Waals surface area contributed by atoms with Gasteiger partial charge in [-0.05, 0) is 24.5 Å². The third kappa shape index (κ3) is 2.30. The van der Waals surface area contributed by atoms with Gasteiger partial charge < -0.3 is 15.0 Å². The van der Waals surface area contributed by atoms with Crippen LogP contribution in [-0.4, -0.2) is 40.1 Å². The summed E-state index contributed by atoms with van der Waals surface area (Å²) in [6.07, 6.45) is 2.24. The van der Waals surface area contributed by atoms with Crippen LogP contribution in [0.2, 0.25) is 5.02 Å². The molecular weight excluding hydrogens is 304 g/mol. The number of para-hydroxylation sites is 1. The van der Waals surface area contributed by atoms with Crippen molar-refractivity contribution in [3.05, 3.63) is 45.2 Å². The topological polar surface area (TPSA) is 73.4 Å². The van der Waals surface area contributed by atoms with Crippen LogP contribution in [0.5, 0.6) is 0 Å². The molecule has 2 aromatic rings. The number of pyridine rings is 1. The molecule has 0 aliphatic carbocycles. The molecule has 0 unspecified atom stereocenters. The largest absolute Gasteiger partial charge is 0.394 e. The Morgan fingerprint density at radius 3 is 3.00 bits per heavy atom. The summed E-state index contributed by atoms with van der Waals surface area (Å²) >= 11 is 6.05. The minimum Gasteiger partial charge on any atom is -0.394 e. The second-order valence-corrected chi connectivity index (χ2v) is 6.12. The van der Waals surface area contributed by atoms with Gasteiger partial charge in [0.05, 0.1) is 23.2 Å². The van der Waals surface area contributed by atoms with E-state index in [0.717, 1.165) is 6.42 Å². The molecular formula is C16H17ClN2O3. The first-order chi connectivity index (χ1) is 10.5. The monoisotopic (exact) mass is 320 g/mol. The van der Waals surface area contributed by atoms with Crippen LogP contribution in [0.25, 0.3) is 10.9 Å². The molecule has 2 heterocycles. The molecule has 2 atom stereocenters. The van der Waals surface area contributed by atoms with Crippen LogP contribution >= 0.6 is 11.6 Å². The van der Waals surface area contributed by atoms with Gasteiger partial charge in [-0.25, -0.2) is 0 Å². The Labute approximate surface area is 132 Å². The fourth-order valence-electron chi connectivity index (χ4n) is 3.07. The van der Waals surface area contributed by atoms with Gasteiger partial charge in [0.1, 0.15) is 5.56 Å². The van der Waals surface area contributed by atoms with Crippen molar-refractivity contribution < 1.29 is 9.90 Å². The average molecular weight is 321 g/mol. The number of aliphatic hydroxyl groups is 1. The Kier molecular flexibility index (Phi) is 3.93. The second-order valence-electron chi connectivity index (χ2n) is 5.71. The van der Waals surface area contributed by atoms with E-state index in [4.69, 9.17) is 11.6 Å². The Balaban J connectivity index is 2.06. The Hall–Kier alpha value is -1.85. The fourth-order valence-corrected chi connectivity index (χ4v) is 3.30. The third-order valence-electron chi connectivity index (χ3n) is 4.42. The number of hydrogen-bond donors (Lipinski definition) is 2. The molecule has 1 aromatic carbocycles. The maximum Gasteiger partial charge on any atom is 0.259 e. The number of aliphatic hydroxyl groups excluding tert-OH is 1. The first-order valence-corrected chi connectivity index (χ1v) is 7.64. The second kappa shape index (κ2) is 5.74. The van der Waals surface area contributed by atoms with Crippen molar-refractivity contribution >= 4 is 28.4 Å². The minimum absolute atomic E-state index is 0.0855. The number of aromatic nitrogens is 1. The van der Waals surface area contributed by atoms with E-state index in [1.54, 1.807) is 23.1 Å². The maximum atomic E-state index is 12.7. The van der Waals surface area contributed by atoms with Crippen LogP contribution < -0.4 is 5.43 Å². The normalized spacial score (nSPS) is 21.5. The predicted molar refractivity (Wildman–Crippen MR) is 85.3 cm³/mol. The molecule has 2 N–H and O–H groups in total. The van der Waals surface area contributed by atoms with Crippen LogP contribution in [0, 0.1) is 5.92 Å².